The maximum absolute atomic E-state index is 11.8. The van der Waals surface area contributed by atoms with Crippen molar-refractivity contribution in [1.82, 2.24) is 9.55 Å². The predicted octanol–water partition coefficient (Wildman–Crippen LogP) is 2.95. The van der Waals surface area contributed by atoms with E-state index in [-0.39, 0.29) is 16.6 Å². The quantitative estimate of drug-likeness (QED) is 0.654. The average Bonchev–Trinajstić information content (AvgIpc) is 2.73. The van der Waals surface area contributed by atoms with Gasteiger partial charge >= 0.3 is 0 Å². The Morgan fingerprint density at radius 2 is 2.13 bits per heavy atom. The molecule has 1 aliphatic carbocycles. The molecule has 3 aromatic rings. The van der Waals surface area contributed by atoms with Crippen molar-refractivity contribution in [2.24, 2.45) is 12.5 Å². The van der Waals surface area contributed by atoms with Gasteiger partial charge in [0.15, 0.2) is 0 Å². The molecule has 4 heterocycles. The van der Waals surface area contributed by atoms with Crippen LogP contribution in [0.5, 0.6) is 5.75 Å². The van der Waals surface area contributed by atoms with Gasteiger partial charge in [-0.15, -0.1) is 0 Å². The summed E-state index contributed by atoms with van der Waals surface area (Å²) in [7, 11) is 1.73. The molecule has 0 radical (unpaired) electrons. The third-order valence-corrected chi connectivity index (χ3v) is 6.50. The number of nitrogens with two attached hydrogens (primary N) is 1. The second kappa shape index (κ2) is 7.02. The van der Waals surface area contributed by atoms with Crippen molar-refractivity contribution in [1.29, 1.82) is 0 Å². The first-order valence-corrected chi connectivity index (χ1v) is 10.3. The fourth-order valence-corrected chi connectivity index (χ4v) is 4.94. The zero-order valence-electron chi connectivity index (χ0n) is 17.1. The molecule has 2 saturated heterocycles. The number of pyridine rings is 2. The summed E-state index contributed by atoms with van der Waals surface area (Å²) in [5.74, 6) is 1.15. The Labute approximate surface area is 174 Å². The first-order chi connectivity index (χ1) is 14.5. The highest BCUT2D eigenvalue weighted by molar-refractivity contribution is 5.99. The summed E-state index contributed by atoms with van der Waals surface area (Å²) in [5, 5.41) is 5.70. The van der Waals surface area contributed by atoms with Crippen molar-refractivity contribution in [2.45, 2.75) is 24.9 Å². The minimum Gasteiger partial charge on any atom is -0.490 e. The smallest absolute Gasteiger partial charge is 0.253 e. The molecule has 0 spiro atoms. The number of aromatic nitrogens is 2. The number of benzene rings is 1. The van der Waals surface area contributed by atoms with E-state index in [9.17, 15) is 4.79 Å². The van der Waals surface area contributed by atoms with Crippen molar-refractivity contribution >= 4 is 22.3 Å². The molecule has 7 heteroatoms. The van der Waals surface area contributed by atoms with Crippen molar-refractivity contribution in [2.75, 3.05) is 30.8 Å². The van der Waals surface area contributed by atoms with Crippen LogP contribution < -0.4 is 21.3 Å². The molecule has 0 unspecified atom stereocenters. The molecular formula is C23H26N4O3. The zero-order chi connectivity index (χ0) is 20.8. The number of hydrogen-bond donors (Lipinski definition) is 2. The van der Waals surface area contributed by atoms with Gasteiger partial charge in [0, 0.05) is 55.1 Å². The van der Waals surface area contributed by atoms with Gasteiger partial charge in [-0.2, -0.15) is 0 Å². The summed E-state index contributed by atoms with van der Waals surface area (Å²) in [4.78, 5) is 16.0. The molecule has 0 amide bonds. The van der Waals surface area contributed by atoms with E-state index in [0.29, 0.717) is 18.2 Å². The lowest BCUT2D eigenvalue weighted by molar-refractivity contribution is -0.231. The molecule has 156 valence electrons. The minimum absolute atomic E-state index is 0.0763. The van der Waals surface area contributed by atoms with E-state index in [2.05, 4.69) is 16.4 Å². The Morgan fingerprint density at radius 1 is 1.27 bits per heavy atom. The highest BCUT2D eigenvalue weighted by atomic mass is 16.5. The van der Waals surface area contributed by atoms with Gasteiger partial charge in [0.25, 0.3) is 5.56 Å². The summed E-state index contributed by atoms with van der Waals surface area (Å²) < 4.78 is 13.6. The second-order valence-corrected chi connectivity index (χ2v) is 8.69. The number of anilines is 2. The number of ether oxygens (including phenoxy) is 2. The Kier molecular flexibility index (Phi) is 4.43. The van der Waals surface area contributed by atoms with Gasteiger partial charge in [-0.1, -0.05) is 12.1 Å². The number of nitrogens with one attached hydrogen (secondary N) is 1. The molecule has 2 aliphatic heterocycles. The minimum atomic E-state index is -0.256. The van der Waals surface area contributed by atoms with Gasteiger partial charge < -0.3 is 25.1 Å². The Hall–Kier alpha value is -3.06. The number of rotatable bonds is 6. The van der Waals surface area contributed by atoms with Crippen LogP contribution in [0, 0.1) is 5.41 Å². The van der Waals surface area contributed by atoms with E-state index in [1.54, 1.807) is 19.4 Å². The summed E-state index contributed by atoms with van der Waals surface area (Å²) in [5.41, 5.74) is 6.98. The zero-order valence-corrected chi connectivity index (χ0v) is 17.1. The third kappa shape index (κ3) is 3.29. The highest BCUT2D eigenvalue weighted by Crippen LogP contribution is 2.56. The third-order valence-electron chi connectivity index (χ3n) is 6.50. The number of hydrogen-bond acceptors (Lipinski definition) is 6. The summed E-state index contributed by atoms with van der Waals surface area (Å²) in [6.07, 6.45) is 6.40. The van der Waals surface area contributed by atoms with Crippen LogP contribution in [0.15, 0.2) is 53.6 Å². The SMILES string of the molecule is Cn1ccc(OCC23CC(CNc4cccc5c(N)nccc45)(CCO2)C3)cc1=O. The maximum atomic E-state index is 11.8. The molecule has 30 heavy (non-hydrogen) atoms. The molecule has 1 aromatic carbocycles. The fraction of sp³-hybridized carbons (Fsp3) is 0.391. The van der Waals surface area contributed by atoms with Gasteiger partial charge in [0.05, 0.1) is 0 Å². The Bertz CT molecular complexity index is 1150. The lowest BCUT2D eigenvalue weighted by Crippen LogP contribution is -2.63. The van der Waals surface area contributed by atoms with E-state index >= 15 is 0 Å². The average molecular weight is 406 g/mol. The van der Waals surface area contributed by atoms with Crippen LogP contribution in [-0.4, -0.2) is 34.9 Å². The van der Waals surface area contributed by atoms with Crippen molar-refractivity contribution < 1.29 is 9.47 Å². The van der Waals surface area contributed by atoms with Crippen LogP contribution in [0.1, 0.15) is 19.3 Å². The van der Waals surface area contributed by atoms with Gasteiger partial charge in [0.1, 0.15) is 23.8 Å². The van der Waals surface area contributed by atoms with Gasteiger partial charge in [-0.3, -0.25) is 4.79 Å². The molecular weight excluding hydrogens is 380 g/mol. The second-order valence-electron chi connectivity index (χ2n) is 8.69. The van der Waals surface area contributed by atoms with Gasteiger partial charge in [-0.25, -0.2) is 4.98 Å². The first kappa shape index (κ1) is 18.9. The van der Waals surface area contributed by atoms with Crippen molar-refractivity contribution in [3.63, 3.8) is 0 Å². The molecule has 6 rings (SSSR count). The van der Waals surface area contributed by atoms with E-state index in [0.717, 1.165) is 48.9 Å². The number of nitrogen functional groups attached to an aromatic ring is 1. The van der Waals surface area contributed by atoms with Crippen LogP contribution in [0.4, 0.5) is 11.5 Å². The van der Waals surface area contributed by atoms with E-state index in [1.807, 2.05) is 24.3 Å². The predicted molar refractivity (Wildman–Crippen MR) is 117 cm³/mol. The van der Waals surface area contributed by atoms with E-state index in [4.69, 9.17) is 15.2 Å². The summed E-state index contributed by atoms with van der Waals surface area (Å²) in [6, 6.07) is 11.4. The number of nitrogens with zero attached hydrogens (tertiary/aromatic N) is 2. The molecule has 1 saturated carbocycles. The largest absolute Gasteiger partial charge is 0.490 e. The normalized spacial score (nSPS) is 25.0. The molecule has 3 N–H and O–H groups in total. The first-order valence-electron chi connectivity index (χ1n) is 10.3. The number of fused-ring (bicyclic) bond motifs is 3. The standard InChI is InChI=1S/C23H26N4O3/c1-27-9-6-16(11-20(27)28)29-15-23-12-22(13-23,7-10-30-23)14-26-19-4-2-3-18-17(19)5-8-25-21(18)24/h2-6,8-9,11,26H,7,10,12-15H2,1H3,(H2,24,25). The van der Waals surface area contributed by atoms with Gasteiger partial charge in [0.2, 0.25) is 0 Å². The summed E-state index contributed by atoms with van der Waals surface area (Å²) >= 11 is 0. The number of aryl methyl sites for hydroxylation is 1. The molecule has 7 nitrogen and oxygen atoms in total. The highest BCUT2D eigenvalue weighted by Gasteiger charge is 2.58. The molecule has 2 aromatic heterocycles. The topological polar surface area (TPSA) is 91.4 Å². The Morgan fingerprint density at radius 3 is 2.97 bits per heavy atom. The molecule has 3 aliphatic rings. The monoisotopic (exact) mass is 406 g/mol. The lowest BCUT2D eigenvalue weighted by Gasteiger charge is -2.59. The van der Waals surface area contributed by atoms with Crippen LogP contribution in [-0.2, 0) is 11.8 Å². The van der Waals surface area contributed by atoms with E-state index < -0.39 is 0 Å². The van der Waals surface area contributed by atoms with Crippen LogP contribution in [0.2, 0.25) is 0 Å². The van der Waals surface area contributed by atoms with E-state index in [1.165, 1.54) is 10.6 Å². The van der Waals surface area contributed by atoms with Crippen LogP contribution in [0.25, 0.3) is 10.8 Å². The molecule has 0 atom stereocenters. The van der Waals surface area contributed by atoms with Gasteiger partial charge in [-0.05, 0) is 42.9 Å². The lowest BCUT2D eigenvalue weighted by atomic mass is 9.56. The molecule has 3 fully saturated rings. The van der Waals surface area contributed by atoms with Crippen molar-refractivity contribution in [3.8, 4) is 5.75 Å². The summed E-state index contributed by atoms with van der Waals surface area (Å²) in [6.45, 7) is 2.08. The maximum Gasteiger partial charge on any atom is 0.253 e. The van der Waals surface area contributed by atoms with Crippen molar-refractivity contribution in [3.05, 3.63) is 59.1 Å². The molecule has 2 bridgehead atoms. The fourth-order valence-electron chi connectivity index (χ4n) is 4.94. The Balaban J connectivity index is 1.25. The van der Waals surface area contributed by atoms with Crippen LogP contribution in [0.3, 0.4) is 0 Å². The van der Waals surface area contributed by atoms with Crippen LogP contribution >= 0.6 is 0 Å².